The van der Waals surface area contributed by atoms with Crippen LogP contribution in [0.5, 0.6) is 0 Å². The molecule has 1 unspecified atom stereocenters. The summed E-state index contributed by atoms with van der Waals surface area (Å²) in [5.41, 5.74) is 0. The van der Waals surface area contributed by atoms with E-state index >= 15 is 0 Å². The summed E-state index contributed by atoms with van der Waals surface area (Å²) in [5.74, 6) is 5.45. The van der Waals surface area contributed by atoms with Gasteiger partial charge in [-0.15, -0.1) is 0 Å². The van der Waals surface area contributed by atoms with Crippen LogP contribution in [0, 0.1) is 29.6 Å². The van der Waals surface area contributed by atoms with Gasteiger partial charge in [0, 0.05) is 6.04 Å². The summed E-state index contributed by atoms with van der Waals surface area (Å²) in [5, 5.41) is 3.97. The molecule has 0 aromatic rings. The number of hydrogen-bond acceptors (Lipinski definition) is 1. The second-order valence-electron chi connectivity index (χ2n) is 8.42. The minimum atomic E-state index is 0.844. The number of rotatable bonds is 9. The average Bonchev–Trinajstić information content (AvgIpc) is 2.47. The minimum absolute atomic E-state index is 0.844. The van der Waals surface area contributed by atoms with E-state index in [0.29, 0.717) is 0 Å². The second kappa shape index (κ2) is 7.49. The molecular weight excluding hydrogens is 254 g/mol. The van der Waals surface area contributed by atoms with Gasteiger partial charge in [0.15, 0.2) is 0 Å². The molecule has 0 heterocycles. The van der Waals surface area contributed by atoms with Gasteiger partial charge in [-0.05, 0) is 81.1 Å². The average molecular weight is 292 g/mol. The van der Waals surface area contributed by atoms with Crippen molar-refractivity contribution >= 4 is 0 Å². The summed E-state index contributed by atoms with van der Waals surface area (Å²) >= 11 is 0. The van der Waals surface area contributed by atoms with Gasteiger partial charge in [-0.1, -0.05) is 39.5 Å². The quantitative estimate of drug-likeness (QED) is 0.561. The fourth-order valence-corrected chi connectivity index (χ4v) is 6.18. The van der Waals surface area contributed by atoms with Gasteiger partial charge in [-0.25, -0.2) is 0 Å². The second-order valence-corrected chi connectivity index (χ2v) is 8.42. The molecule has 0 aromatic carbocycles. The molecule has 21 heavy (non-hydrogen) atoms. The minimum Gasteiger partial charge on any atom is -0.314 e. The smallest absolute Gasteiger partial charge is 0.0101 e. The van der Waals surface area contributed by atoms with Gasteiger partial charge < -0.3 is 5.32 Å². The highest BCUT2D eigenvalue weighted by Crippen LogP contribution is 2.57. The van der Waals surface area contributed by atoms with Crippen molar-refractivity contribution in [3.05, 3.63) is 0 Å². The Kier molecular flexibility index (Phi) is 5.65. The molecule has 4 bridgehead atoms. The number of unbranched alkanes of at least 4 members (excludes halogenated alkanes) is 3. The summed E-state index contributed by atoms with van der Waals surface area (Å²) < 4.78 is 0. The van der Waals surface area contributed by atoms with Crippen LogP contribution in [0.1, 0.15) is 84.5 Å². The van der Waals surface area contributed by atoms with E-state index in [1.807, 2.05) is 0 Å². The maximum Gasteiger partial charge on any atom is 0.0101 e. The van der Waals surface area contributed by atoms with E-state index in [0.717, 1.165) is 35.6 Å². The van der Waals surface area contributed by atoms with E-state index in [-0.39, 0.29) is 0 Å². The SMILES string of the molecule is CCCCCCC(NCCC)C1C2CC3CC(C2)CC1C3. The lowest BCUT2D eigenvalue weighted by Gasteiger charge is -2.56. The third-order valence-electron chi connectivity index (χ3n) is 6.79. The lowest BCUT2D eigenvalue weighted by atomic mass is 9.50. The highest BCUT2D eigenvalue weighted by atomic mass is 14.9. The maximum atomic E-state index is 3.97. The van der Waals surface area contributed by atoms with Crippen molar-refractivity contribution in [2.75, 3.05) is 6.54 Å². The van der Waals surface area contributed by atoms with Gasteiger partial charge in [-0.2, -0.15) is 0 Å². The number of nitrogens with one attached hydrogen (secondary N) is 1. The van der Waals surface area contributed by atoms with Crippen LogP contribution in [0.2, 0.25) is 0 Å². The maximum absolute atomic E-state index is 3.97. The van der Waals surface area contributed by atoms with E-state index in [9.17, 15) is 0 Å². The summed E-state index contributed by atoms with van der Waals surface area (Å²) in [6.07, 6.45) is 16.4. The summed E-state index contributed by atoms with van der Waals surface area (Å²) in [7, 11) is 0. The fraction of sp³-hybridized carbons (Fsp3) is 1.00. The van der Waals surface area contributed by atoms with E-state index < -0.39 is 0 Å². The molecule has 122 valence electrons. The molecule has 1 heteroatoms. The normalized spacial score (nSPS) is 38.9. The molecule has 4 aliphatic carbocycles. The van der Waals surface area contributed by atoms with Crippen LogP contribution >= 0.6 is 0 Å². The van der Waals surface area contributed by atoms with Gasteiger partial charge >= 0.3 is 0 Å². The van der Waals surface area contributed by atoms with E-state index in [4.69, 9.17) is 0 Å². The predicted molar refractivity (Wildman–Crippen MR) is 91.4 cm³/mol. The topological polar surface area (TPSA) is 12.0 Å². The molecule has 1 nitrogen and oxygen atoms in total. The fourth-order valence-electron chi connectivity index (χ4n) is 6.18. The van der Waals surface area contributed by atoms with Crippen molar-refractivity contribution in [3.63, 3.8) is 0 Å². The molecule has 1 atom stereocenters. The van der Waals surface area contributed by atoms with Gasteiger partial charge in [0.05, 0.1) is 0 Å². The van der Waals surface area contributed by atoms with Crippen LogP contribution in [0.3, 0.4) is 0 Å². The Morgan fingerprint density at radius 2 is 1.48 bits per heavy atom. The monoisotopic (exact) mass is 291 g/mol. The first-order valence-electron chi connectivity index (χ1n) is 10.0. The molecule has 4 saturated carbocycles. The molecule has 0 saturated heterocycles. The van der Waals surface area contributed by atoms with Crippen molar-refractivity contribution in [1.82, 2.24) is 5.32 Å². The van der Waals surface area contributed by atoms with Gasteiger partial charge in [0.1, 0.15) is 0 Å². The molecule has 4 rings (SSSR count). The van der Waals surface area contributed by atoms with E-state index in [1.165, 1.54) is 45.1 Å². The zero-order valence-electron chi connectivity index (χ0n) is 14.4. The third-order valence-corrected chi connectivity index (χ3v) is 6.79. The summed E-state index contributed by atoms with van der Waals surface area (Å²) in [6.45, 7) is 5.88. The largest absolute Gasteiger partial charge is 0.314 e. The Morgan fingerprint density at radius 1 is 0.810 bits per heavy atom. The Morgan fingerprint density at radius 3 is 2.05 bits per heavy atom. The van der Waals surface area contributed by atoms with Crippen LogP contribution < -0.4 is 5.32 Å². The highest BCUT2D eigenvalue weighted by Gasteiger charge is 2.50. The van der Waals surface area contributed by atoms with Gasteiger partial charge in [0.2, 0.25) is 0 Å². The molecule has 1 N–H and O–H groups in total. The van der Waals surface area contributed by atoms with Crippen molar-refractivity contribution in [1.29, 1.82) is 0 Å². The predicted octanol–water partition coefficient (Wildman–Crippen LogP) is 5.40. The van der Waals surface area contributed by atoms with Crippen molar-refractivity contribution in [2.45, 2.75) is 90.5 Å². The Balaban J connectivity index is 1.58. The van der Waals surface area contributed by atoms with Crippen molar-refractivity contribution < 1.29 is 0 Å². The van der Waals surface area contributed by atoms with Crippen molar-refractivity contribution in [3.8, 4) is 0 Å². The molecular formula is C20H37N. The number of hydrogen-bond donors (Lipinski definition) is 1. The first-order valence-corrected chi connectivity index (χ1v) is 10.0. The van der Waals surface area contributed by atoms with Crippen LogP contribution in [0.15, 0.2) is 0 Å². The van der Waals surface area contributed by atoms with Crippen LogP contribution in [0.4, 0.5) is 0 Å². The Bertz CT molecular complexity index is 283. The van der Waals surface area contributed by atoms with Crippen LogP contribution in [-0.4, -0.2) is 12.6 Å². The Hall–Kier alpha value is -0.0400. The van der Waals surface area contributed by atoms with Crippen LogP contribution in [0.25, 0.3) is 0 Å². The lowest BCUT2D eigenvalue weighted by Crippen LogP contribution is -2.53. The molecule has 0 amide bonds. The van der Waals surface area contributed by atoms with Crippen molar-refractivity contribution in [2.24, 2.45) is 29.6 Å². The third kappa shape index (κ3) is 3.66. The first-order chi connectivity index (χ1) is 10.3. The van der Waals surface area contributed by atoms with E-state index in [2.05, 4.69) is 19.2 Å². The van der Waals surface area contributed by atoms with Gasteiger partial charge in [-0.3, -0.25) is 0 Å². The van der Waals surface area contributed by atoms with E-state index in [1.54, 1.807) is 32.1 Å². The summed E-state index contributed by atoms with van der Waals surface area (Å²) in [4.78, 5) is 0. The molecule has 0 spiro atoms. The highest BCUT2D eigenvalue weighted by molar-refractivity contribution is 5.01. The van der Waals surface area contributed by atoms with Gasteiger partial charge in [0.25, 0.3) is 0 Å². The first kappa shape index (κ1) is 15.8. The molecule has 0 aromatic heterocycles. The standard InChI is InChI=1S/C20H37N/c1-3-5-6-7-8-19(21-9-4-2)20-17-11-15-10-16(13-17)14-18(20)12-15/h15-21H,3-14H2,1-2H3. The molecule has 4 aliphatic rings. The molecule has 0 radical (unpaired) electrons. The molecule has 0 aliphatic heterocycles. The van der Waals surface area contributed by atoms with Crippen LogP contribution in [-0.2, 0) is 0 Å². The Labute approximate surface area is 132 Å². The zero-order valence-corrected chi connectivity index (χ0v) is 14.4. The molecule has 4 fully saturated rings. The zero-order chi connectivity index (χ0) is 14.7. The lowest BCUT2D eigenvalue weighted by molar-refractivity contribution is -0.0531. The summed E-state index contributed by atoms with van der Waals surface area (Å²) in [6, 6.07) is 0.844.